The van der Waals surface area contributed by atoms with Crippen molar-refractivity contribution in [1.29, 1.82) is 0 Å². The van der Waals surface area contributed by atoms with Gasteiger partial charge in [0.1, 0.15) is 4.99 Å². The molecular weight excluding hydrogens is 354 g/mol. The number of nitrogens with one attached hydrogen (secondary N) is 1. The lowest BCUT2D eigenvalue weighted by Crippen LogP contribution is -2.13. The van der Waals surface area contributed by atoms with Crippen LogP contribution in [0.5, 0.6) is 0 Å². The molecule has 0 aliphatic heterocycles. The molecule has 0 unspecified atom stereocenters. The Hall–Kier alpha value is -1.05. The highest BCUT2D eigenvalue weighted by Gasteiger charge is 2.14. The lowest BCUT2D eigenvalue weighted by atomic mass is 10.2. The minimum atomic E-state index is -1.02. The van der Waals surface area contributed by atoms with Crippen LogP contribution >= 0.6 is 39.5 Å². The van der Waals surface area contributed by atoms with Gasteiger partial charge in [-0.2, -0.15) is 0 Å². The van der Waals surface area contributed by atoms with Gasteiger partial charge in [0.05, 0.1) is 5.69 Å². The summed E-state index contributed by atoms with van der Waals surface area (Å²) in [7, 11) is 0. The van der Waals surface area contributed by atoms with Gasteiger partial charge >= 0.3 is 0 Å². The molecule has 0 saturated heterocycles. The normalized spacial score (nSPS) is 10.5. The Kier molecular flexibility index (Phi) is 4.49. The number of hydrogen-bond donors (Lipinski definition) is 2. The second-order valence-corrected chi connectivity index (χ2v) is 6.09. The van der Waals surface area contributed by atoms with Crippen molar-refractivity contribution in [2.75, 3.05) is 5.32 Å². The lowest BCUT2D eigenvalue weighted by molar-refractivity contribution is 0.509. The first-order valence-corrected chi connectivity index (χ1v) is 7.31. The molecule has 1 aromatic carbocycles. The molecule has 0 bridgehead atoms. The zero-order valence-electron chi connectivity index (χ0n) is 9.54. The Morgan fingerprint density at radius 1 is 1.37 bits per heavy atom. The minimum Gasteiger partial charge on any atom is -0.389 e. The third kappa shape index (κ3) is 3.29. The van der Waals surface area contributed by atoms with Gasteiger partial charge in [-0.25, -0.2) is 8.78 Å². The Balaban J connectivity index is 2.17. The SMILES string of the molecule is NC(=S)c1ccc(NCc2cc(Br)cs2)c(F)c1F. The van der Waals surface area contributed by atoms with E-state index in [2.05, 4.69) is 33.5 Å². The Morgan fingerprint density at radius 2 is 2.11 bits per heavy atom. The van der Waals surface area contributed by atoms with Gasteiger partial charge in [-0.3, -0.25) is 0 Å². The average Bonchev–Trinajstić information content (AvgIpc) is 2.76. The van der Waals surface area contributed by atoms with Gasteiger partial charge < -0.3 is 11.1 Å². The van der Waals surface area contributed by atoms with Crippen LogP contribution in [-0.2, 0) is 6.54 Å². The van der Waals surface area contributed by atoms with Crippen LogP contribution in [0.4, 0.5) is 14.5 Å². The van der Waals surface area contributed by atoms with E-state index in [-0.39, 0.29) is 16.2 Å². The second-order valence-electron chi connectivity index (χ2n) is 3.74. The van der Waals surface area contributed by atoms with Crippen molar-refractivity contribution < 1.29 is 8.78 Å². The number of nitrogens with two attached hydrogens (primary N) is 1. The molecule has 0 amide bonds. The summed E-state index contributed by atoms with van der Waals surface area (Å²) >= 11 is 9.49. The summed E-state index contributed by atoms with van der Waals surface area (Å²) in [5, 5.41) is 4.76. The van der Waals surface area contributed by atoms with Crippen molar-refractivity contribution in [3.8, 4) is 0 Å². The van der Waals surface area contributed by atoms with E-state index in [1.807, 2.05) is 11.4 Å². The Morgan fingerprint density at radius 3 is 2.68 bits per heavy atom. The zero-order valence-corrected chi connectivity index (χ0v) is 12.8. The van der Waals surface area contributed by atoms with Crippen LogP contribution in [0.15, 0.2) is 28.1 Å². The van der Waals surface area contributed by atoms with Crippen LogP contribution in [0.1, 0.15) is 10.4 Å². The highest BCUT2D eigenvalue weighted by molar-refractivity contribution is 9.10. The van der Waals surface area contributed by atoms with E-state index in [1.165, 1.54) is 23.5 Å². The van der Waals surface area contributed by atoms with Crippen LogP contribution in [0.3, 0.4) is 0 Å². The molecule has 0 saturated carbocycles. The van der Waals surface area contributed by atoms with Crippen molar-refractivity contribution in [3.05, 3.63) is 50.1 Å². The molecule has 0 aliphatic rings. The summed E-state index contributed by atoms with van der Waals surface area (Å²) in [6.07, 6.45) is 0. The lowest BCUT2D eigenvalue weighted by Gasteiger charge is -2.09. The number of anilines is 1. The third-order valence-electron chi connectivity index (χ3n) is 2.42. The summed E-state index contributed by atoms with van der Waals surface area (Å²) in [6.45, 7) is 0.416. The number of hydrogen-bond acceptors (Lipinski definition) is 3. The Bertz CT molecular complexity index is 628. The topological polar surface area (TPSA) is 38.0 Å². The third-order valence-corrected chi connectivity index (χ3v) is 4.34. The van der Waals surface area contributed by atoms with Crippen LogP contribution in [0.25, 0.3) is 0 Å². The predicted octanol–water partition coefficient (Wildman–Crippen LogP) is 4.04. The van der Waals surface area contributed by atoms with Crippen LogP contribution in [-0.4, -0.2) is 4.99 Å². The van der Waals surface area contributed by atoms with Gasteiger partial charge in [0, 0.05) is 26.8 Å². The van der Waals surface area contributed by atoms with Gasteiger partial charge in [0.25, 0.3) is 0 Å². The summed E-state index contributed by atoms with van der Waals surface area (Å²) in [5.41, 5.74) is 5.30. The molecule has 1 aromatic heterocycles. The van der Waals surface area contributed by atoms with Gasteiger partial charge in [-0.15, -0.1) is 11.3 Å². The summed E-state index contributed by atoms with van der Waals surface area (Å²) < 4.78 is 28.4. The maximum absolute atomic E-state index is 13.8. The second kappa shape index (κ2) is 5.94. The number of rotatable bonds is 4. The molecule has 7 heteroatoms. The number of halogens is 3. The zero-order chi connectivity index (χ0) is 14.0. The smallest absolute Gasteiger partial charge is 0.182 e. The van der Waals surface area contributed by atoms with E-state index >= 15 is 0 Å². The van der Waals surface area contributed by atoms with E-state index in [0.29, 0.717) is 6.54 Å². The monoisotopic (exact) mass is 362 g/mol. The largest absolute Gasteiger partial charge is 0.389 e. The Labute approximate surface area is 126 Å². The molecule has 3 N–H and O–H groups in total. The maximum atomic E-state index is 13.8. The van der Waals surface area contributed by atoms with Gasteiger partial charge in [-0.05, 0) is 34.1 Å². The van der Waals surface area contributed by atoms with Crippen molar-refractivity contribution in [3.63, 3.8) is 0 Å². The predicted molar refractivity (Wildman–Crippen MR) is 81.6 cm³/mol. The maximum Gasteiger partial charge on any atom is 0.182 e. The quantitative estimate of drug-likeness (QED) is 0.806. The molecule has 19 heavy (non-hydrogen) atoms. The highest BCUT2D eigenvalue weighted by Crippen LogP contribution is 2.24. The van der Waals surface area contributed by atoms with E-state index in [4.69, 9.17) is 5.73 Å². The first kappa shape index (κ1) is 14.4. The summed E-state index contributed by atoms with van der Waals surface area (Å²) in [5.74, 6) is -1.99. The molecule has 100 valence electrons. The van der Waals surface area contributed by atoms with Crippen molar-refractivity contribution in [2.24, 2.45) is 5.73 Å². The molecule has 2 rings (SSSR count). The number of benzene rings is 1. The number of thiocarbonyl (C=S) groups is 1. The first-order valence-electron chi connectivity index (χ1n) is 5.23. The fraction of sp³-hybridized carbons (Fsp3) is 0.0833. The van der Waals surface area contributed by atoms with Gasteiger partial charge in [0.15, 0.2) is 11.6 Å². The van der Waals surface area contributed by atoms with Crippen molar-refractivity contribution in [1.82, 2.24) is 0 Å². The van der Waals surface area contributed by atoms with Crippen LogP contribution in [0, 0.1) is 11.6 Å². The number of thiophene rings is 1. The van der Waals surface area contributed by atoms with Gasteiger partial charge in [-0.1, -0.05) is 12.2 Å². The molecular formula is C12H9BrF2N2S2. The van der Waals surface area contributed by atoms with E-state index < -0.39 is 11.6 Å². The van der Waals surface area contributed by atoms with Crippen molar-refractivity contribution >= 4 is 50.2 Å². The fourth-order valence-electron chi connectivity index (χ4n) is 1.51. The minimum absolute atomic E-state index is 0.0852. The van der Waals surface area contributed by atoms with Gasteiger partial charge in [0.2, 0.25) is 0 Å². The molecule has 0 aliphatic carbocycles. The van der Waals surface area contributed by atoms with Crippen molar-refractivity contribution in [2.45, 2.75) is 6.54 Å². The molecule has 0 radical (unpaired) electrons. The van der Waals surface area contributed by atoms with E-state index in [0.717, 1.165) is 9.35 Å². The highest BCUT2D eigenvalue weighted by atomic mass is 79.9. The molecule has 0 spiro atoms. The van der Waals surface area contributed by atoms with Crippen LogP contribution in [0.2, 0.25) is 0 Å². The summed E-state index contributed by atoms with van der Waals surface area (Å²) in [4.78, 5) is 0.843. The molecule has 2 aromatic rings. The average molecular weight is 363 g/mol. The summed E-state index contributed by atoms with van der Waals surface area (Å²) in [6, 6.07) is 4.71. The fourth-order valence-corrected chi connectivity index (χ4v) is 3.05. The first-order chi connectivity index (χ1) is 8.99. The molecule has 0 fully saturated rings. The van der Waals surface area contributed by atoms with E-state index in [1.54, 1.807) is 0 Å². The standard InChI is InChI=1S/C12H9BrF2N2S2/c13-6-3-7(19-5-6)4-17-9-2-1-8(12(16)18)10(14)11(9)15/h1-3,5,17H,4H2,(H2,16,18). The molecule has 2 nitrogen and oxygen atoms in total. The molecule has 0 atom stereocenters. The van der Waals surface area contributed by atoms with Crippen LogP contribution < -0.4 is 11.1 Å². The van der Waals surface area contributed by atoms with E-state index in [9.17, 15) is 8.78 Å². The molecule has 1 heterocycles.